The lowest BCUT2D eigenvalue weighted by atomic mass is 10.2. The zero-order valence-electron chi connectivity index (χ0n) is 10.6. The van der Waals surface area contributed by atoms with Crippen molar-refractivity contribution in [3.05, 3.63) is 20.5 Å². The molecule has 0 unspecified atom stereocenters. The zero-order chi connectivity index (χ0) is 14.3. The molecule has 6 nitrogen and oxygen atoms in total. The van der Waals surface area contributed by atoms with Gasteiger partial charge in [0.25, 0.3) is 0 Å². The van der Waals surface area contributed by atoms with Gasteiger partial charge in [-0.3, -0.25) is 0 Å². The van der Waals surface area contributed by atoms with Gasteiger partial charge in [-0.2, -0.15) is 5.10 Å². The smallest absolute Gasteiger partial charge is 0.340 e. The molecular weight excluding hydrogens is 397 g/mol. The fourth-order valence-corrected chi connectivity index (χ4v) is 3.02. The minimum Gasteiger partial charge on any atom is -0.462 e. The third-order valence-corrected chi connectivity index (χ3v) is 4.12. The molecule has 0 amide bonds. The van der Waals surface area contributed by atoms with E-state index < -0.39 is 5.97 Å². The van der Waals surface area contributed by atoms with Crippen LogP contribution in [0.3, 0.4) is 0 Å². The predicted molar refractivity (Wildman–Crippen MR) is 81.1 cm³/mol. The summed E-state index contributed by atoms with van der Waals surface area (Å²) in [6, 6.07) is 0.157. The predicted octanol–water partition coefficient (Wildman–Crippen LogP) is 2.44. The second-order valence-corrected chi connectivity index (χ2v) is 5.76. The van der Waals surface area contributed by atoms with Gasteiger partial charge in [-0.15, -0.1) is 0 Å². The lowest BCUT2D eigenvalue weighted by molar-refractivity contribution is -0.0270. The van der Waals surface area contributed by atoms with Crippen molar-refractivity contribution in [2.45, 2.75) is 13.0 Å². The van der Waals surface area contributed by atoms with Crippen LogP contribution in [-0.4, -0.2) is 40.6 Å². The van der Waals surface area contributed by atoms with Crippen molar-refractivity contribution in [3.8, 4) is 0 Å². The van der Waals surface area contributed by atoms with Gasteiger partial charge in [0, 0.05) is 6.20 Å². The van der Waals surface area contributed by atoms with Crippen LogP contribution in [0.5, 0.6) is 0 Å². The number of fused-ring (bicyclic) bond motifs is 1. The van der Waals surface area contributed by atoms with E-state index in [1.807, 2.05) is 0 Å². The molecule has 2 aromatic rings. The van der Waals surface area contributed by atoms with Gasteiger partial charge in [0.1, 0.15) is 9.74 Å². The van der Waals surface area contributed by atoms with Gasteiger partial charge >= 0.3 is 5.97 Å². The van der Waals surface area contributed by atoms with Crippen LogP contribution in [0.15, 0.2) is 6.20 Å². The molecule has 1 fully saturated rings. The Kier molecular flexibility index (Phi) is 3.83. The number of halogens is 2. The maximum Gasteiger partial charge on any atom is 0.340 e. The van der Waals surface area contributed by atoms with Gasteiger partial charge < -0.3 is 9.47 Å². The van der Waals surface area contributed by atoms with Crippen LogP contribution < -0.4 is 0 Å². The fourth-order valence-electron chi connectivity index (χ4n) is 2.06. The van der Waals surface area contributed by atoms with Crippen molar-refractivity contribution in [2.24, 2.45) is 0 Å². The standard InChI is InChI=1S/C12H11ClIN3O3/c1-2-20-12(18)8-7(13)3-15-11-9(8)10(14)16-17(11)6-4-19-5-6/h3,6H,2,4-5H2,1H3. The highest BCUT2D eigenvalue weighted by Crippen LogP contribution is 2.31. The first kappa shape index (κ1) is 14.0. The Labute approximate surface area is 133 Å². The van der Waals surface area contributed by atoms with Crippen molar-refractivity contribution < 1.29 is 14.3 Å². The number of carbonyl (C=O) groups excluding carboxylic acids is 1. The lowest BCUT2D eigenvalue weighted by Crippen LogP contribution is -2.31. The third-order valence-electron chi connectivity index (χ3n) is 3.08. The van der Waals surface area contributed by atoms with Crippen molar-refractivity contribution in [1.82, 2.24) is 14.8 Å². The van der Waals surface area contributed by atoms with Gasteiger partial charge in [-0.1, -0.05) is 11.6 Å². The van der Waals surface area contributed by atoms with Crippen molar-refractivity contribution in [3.63, 3.8) is 0 Å². The molecule has 0 radical (unpaired) electrons. The number of hydrogen-bond acceptors (Lipinski definition) is 5. The molecule has 1 aliphatic heterocycles. The molecule has 8 heteroatoms. The first-order valence-corrected chi connectivity index (χ1v) is 7.56. The van der Waals surface area contributed by atoms with Crippen LogP contribution in [0.2, 0.25) is 5.02 Å². The summed E-state index contributed by atoms with van der Waals surface area (Å²) < 4.78 is 12.7. The Morgan fingerprint density at radius 2 is 2.40 bits per heavy atom. The Hall–Kier alpha value is -0.930. The van der Waals surface area contributed by atoms with E-state index >= 15 is 0 Å². The van der Waals surface area contributed by atoms with E-state index in [1.54, 1.807) is 11.6 Å². The molecular formula is C12H11ClIN3O3. The van der Waals surface area contributed by atoms with Gasteiger partial charge in [-0.25, -0.2) is 14.5 Å². The van der Waals surface area contributed by atoms with E-state index in [-0.39, 0.29) is 11.1 Å². The van der Waals surface area contributed by atoms with E-state index in [0.717, 1.165) is 0 Å². The molecule has 106 valence electrons. The van der Waals surface area contributed by atoms with E-state index in [4.69, 9.17) is 21.1 Å². The highest BCUT2D eigenvalue weighted by molar-refractivity contribution is 14.1. The number of ether oxygens (including phenoxy) is 2. The van der Waals surface area contributed by atoms with Crippen LogP contribution in [0.4, 0.5) is 0 Å². The summed E-state index contributed by atoms with van der Waals surface area (Å²) in [7, 11) is 0. The topological polar surface area (TPSA) is 66.2 Å². The van der Waals surface area contributed by atoms with Crippen molar-refractivity contribution in [2.75, 3.05) is 19.8 Å². The normalized spacial score (nSPS) is 15.3. The summed E-state index contributed by atoms with van der Waals surface area (Å²) in [5.74, 6) is -0.452. The van der Waals surface area contributed by atoms with E-state index in [2.05, 4.69) is 32.7 Å². The average Bonchev–Trinajstić information content (AvgIpc) is 2.65. The molecule has 3 heterocycles. The monoisotopic (exact) mass is 407 g/mol. The van der Waals surface area contributed by atoms with Crippen LogP contribution in [0, 0.1) is 3.70 Å². The largest absolute Gasteiger partial charge is 0.462 e. The third kappa shape index (κ3) is 2.17. The molecule has 0 saturated carbocycles. The summed E-state index contributed by atoms with van der Waals surface area (Å²) >= 11 is 8.19. The minimum absolute atomic E-state index is 0.157. The number of hydrogen-bond donors (Lipinski definition) is 0. The highest BCUT2D eigenvalue weighted by Gasteiger charge is 2.28. The number of rotatable bonds is 3. The Morgan fingerprint density at radius 3 is 3.00 bits per heavy atom. The molecule has 2 aromatic heterocycles. The van der Waals surface area contributed by atoms with E-state index in [0.29, 0.717) is 40.1 Å². The Morgan fingerprint density at radius 1 is 1.65 bits per heavy atom. The first-order chi connectivity index (χ1) is 9.63. The molecule has 0 atom stereocenters. The van der Waals surface area contributed by atoms with Crippen molar-refractivity contribution >= 4 is 51.2 Å². The number of aromatic nitrogens is 3. The van der Waals surface area contributed by atoms with Crippen LogP contribution >= 0.6 is 34.2 Å². The van der Waals surface area contributed by atoms with Gasteiger partial charge in [0.05, 0.1) is 35.8 Å². The second-order valence-electron chi connectivity index (χ2n) is 4.33. The van der Waals surface area contributed by atoms with Crippen LogP contribution in [0.1, 0.15) is 23.3 Å². The quantitative estimate of drug-likeness (QED) is 0.577. The molecule has 0 aromatic carbocycles. The molecule has 0 aliphatic carbocycles. The minimum atomic E-state index is -0.452. The summed E-state index contributed by atoms with van der Waals surface area (Å²) in [6.45, 7) is 3.25. The maximum atomic E-state index is 12.1. The molecule has 1 aliphatic rings. The van der Waals surface area contributed by atoms with Crippen molar-refractivity contribution in [1.29, 1.82) is 0 Å². The number of pyridine rings is 1. The van der Waals surface area contributed by atoms with Gasteiger partial charge in [-0.05, 0) is 29.5 Å². The fraction of sp³-hybridized carbons (Fsp3) is 0.417. The summed E-state index contributed by atoms with van der Waals surface area (Å²) in [4.78, 5) is 16.4. The highest BCUT2D eigenvalue weighted by atomic mass is 127. The number of carbonyl (C=O) groups is 1. The SMILES string of the molecule is CCOC(=O)c1c(Cl)cnc2c1c(I)nn2C1COC1. The van der Waals surface area contributed by atoms with E-state index in [9.17, 15) is 4.79 Å². The summed E-state index contributed by atoms with van der Waals surface area (Å²) in [5.41, 5.74) is 0.963. The van der Waals surface area contributed by atoms with Gasteiger partial charge in [0.2, 0.25) is 0 Å². The second kappa shape index (κ2) is 5.45. The van der Waals surface area contributed by atoms with Crippen LogP contribution in [0.25, 0.3) is 11.0 Å². The molecule has 0 spiro atoms. The van der Waals surface area contributed by atoms with Gasteiger partial charge in [0.15, 0.2) is 5.65 Å². The average molecular weight is 408 g/mol. The summed E-state index contributed by atoms with van der Waals surface area (Å²) in [6.07, 6.45) is 1.46. The molecule has 0 N–H and O–H groups in total. The number of nitrogens with zero attached hydrogens (tertiary/aromatic N) is 3. The van der Waals surface area contributed by atoms with Crippen LogP contribution in [-0.2, 0) is 9.47 Å². The Balaban J connectivity index is 2.20. The molecule has 1 saturated heterocycles. The molecule has 3 rings (SSSR count). The van der Waals surface area contributed by atoms with E-state index in [1.165, 1.54) is 6.20 Å². The molecule has 0 bridgehead atoms. The first-order valence-electron chi connectivity index (χ1n) is 6.10. The summed E-state index contributed by atoms with van der Waals surface area (Å²) in [5, 5.41) is 5.37. The lowest BCUT2D eigenvalue weighted by Gasteiger charge is -2.26. The molecule has 20 heavy (non-hydrogen) atoms. The Bertz CT molecular complexity index is 684. The zero-order valence-corrected chi connectivity index (χ0v) is 13.5. The number of esters is 1. The maximum absolute atomic E-state index is 12.1.